The molecule has 4 rings (SSSR count). The summed E-state index contributed by atoms with van der Waals surface area (Å²) in [6, 6.07) is 7.84. The predicted molar refractivity (Wildman–Crippen MR) is 125 cm³/mol. The number of aliphatic hydroxyl groups is 1. The summed E-state index contributed by atoms with van der Waals surface area (Å²) < 4.78 is 0. The molecule has 1 aromatic rings. The van der Waals surface area contributed by atoms with Crippen LogP contribution in [0.15, 0.2) is 24.3 Å². The van der Waals surface area contributed by atoms with E-state index in [0.29, 0.717) is 6.54 Å². The molecule has 0 radical (unpaired) electrons. The third kappa shape index (κ3) is 3.85. The monoisotopic (exact) mass is 461 g/mol. The first-order valence-electron chi connectivity index (χ1n) is 11.5. The minimum atomic E-state index is -0.949. The molecule has 3 aliphatic heterocycles. The van der Waals surface area contributed by atoms with Crippen LogP contribution < -0.4 is 11.1 Å². The summed E-state index contributed by atoms with van der Waals surface area (Å²) in [5.41, 5.74) is 8.30. The average Bonchev–Trinajstić information content (AvgIpc) is 3.30. The van der Waals surface area contributed by atoms with Gasteiger partial charge in [-0.15, -0.1) is 0 Å². The molecule has 5 N–H and O–H groups in total. The number of carbonyl (C=O) groups excluding carboxylic acids is 1. The van der Waals surface area contributed by atoms with Crippen LogP contribution in [0.2, 0.25) is 0 Å². The molecule has 2 unspecified atom stereocenters. The van der Waals surface area contributed by atoms with Gasteiger partial charge in [-0.2, -0.15) is 11.8 Å². The molecule has 0 aromatic heterocycles. The van der Waals surface area contributed by atoms with Crippen molar-refractivity contribution in [1.82, 2.24) is 10.2 Å². The van der Waals surface area contributed by atoms with Crippen molar-refractivity contribution >= 4 is 23.6 Å². The van der Waals surface area contributed by atoms with Crippen molar-refractivity contribution in [1.29, 1.82) is 0 Å². The highest BCUT2D eigenvalue weighted by Crippen LogP contribution is 2.50. The first kappa shape index (κ1) is 23.5. The van der Waals surface area contributed by atoms with Crippen molar-refractivity contribution in [3.63, 3.8) is 0 Å². The second-order valence-electron chi connectivity index (χ2n) is 10.3. The Morgan fingerprint density at radius 1 is 1.34 bits per heavy atom. The molecule has 176 valence electrons. The van der Waals surface area contributed by atoms with E-state index in [1.165, 1.54) is 16.0 Å². The Morgan fingerprint density at radius 3 is 2.56 bits per heavy atom. The molecule has 0 saturated carbocycles. The van der Waals surface area contributed by atoms with Crippen molar-refractivity contribution in [2.45, 2.75) is 74.3 Å². The highest BCUT2D eigenvalue weighted by atomic mass is 32.2. The van der Waals surface area contributed by atoms with E-state index in [1.54, 1.807) is 18.7 Å². The third-order valence-electron chi connectivity index (χ3n) is 7.71. The topological polar surface area (TPSA) is 116 Å². The lowest BCUT2D eigenvalue weighted by Gasteiger charge is -2.47. The molecule has 3 saturated heterocycles. The van der Waals surface area contributed by atoms with Crippen LogP contribution in [0.25, 0.3) is 0 Å². The van der Waals surface area contributed by atoms with Crippen LogP contribution in [0.5, 0.6) is 0 Å². The number of amides is 1. The summed E-state index contributed by atoms with van der Waals surface area (Å²) in [7, 11) is 0. The fourth-order valence-electron chi connectivity index (χ4n) is 5.62. The molecule has 3 fully saturated rings. The molecule has 3 heterocycles. The number of β-lactam (4-membered cyclic amide) rings is 1. The van der Waals surface area contributed by atoms with Crippen LogP contribution in [-0.4, -0.2) is 68.8 Å². The van der Waals surface area contributed by atoms with Crippen LogP contribution in [-0.2, 0) is 15.0 Å². The molecule has 1 aromatic carbocycles. The SMILES string of the molecule is C[C@@H](O)[C@H]1C(=O)N2C(C(=O)O)C(S[C@@H]3CN[C@@H](c4ccc(C(C)(C)CN)cc4)C3)[C@H](C)[C@H]12. The zero-order valence-corrected chi connectivity index (χ0v) is 20.0. The molecule has 8 heteroatoms. The number of aliphatic carboxylic acids is 1. The number of nitrogens with zero attached hydrogens (tertiary/aromatic N) is 1. The van der Waals surface area contributed by atoms with E-state index < -0.39 is 24.0 Å². The van der Waals surface area contributed by atoms with Gasteiger partial charge in [-0.3, -0.25) is 4.79 Å². The molecule has 7 nitrogen and oxygen atoms in total. The van der Waals surface area contributed by atoms with Gasteiger partial charge in [0.1, 0.15) is 6.04 Å². The first-order chi connectivity index (χ1) is 15.1. The van der Waals surface area contributed by atoms with Gasteiger partial charge in [-0.25, -0.2) is 4.79 Å². The van der Waals surface area contributed by atoms with Gasteiger partial charge in [0.25, 0.3) is 0 Å². The van der Waals surface area contributed by atoms with Crippen molar-refractivity contribution in [2.75, 3.05) is 13.1 Å². The second kappa shape index (κ2) is 8.63. The molecular weight excluding hydrogens is 426 g/mol. The van der Waals surface area contributed by atoms with Gasteiger partial charge in [-0.05, 0) is 30.4 Å². The molecule has 32 heavy (non-hydrogen) atoms. The highest BCUT2D eigenvalue weighted by Gasteiger charge is 2.64. The Balaban J connectivity index is 1.44. The molecule has 1 amide bonds. The van der Waals surface area contributed by atoms with E-state index in [-0.39, 0.29) is 39.8 Å². The molecule has 0 spiro atoms. The number of aliphatic hydroxyl groups excluding tert-OH is 1. The fourth-order valence-corrected chi connectivity index (χ4v) is 7.36. The lowest BCUT2D eigenvalue weighted by molar-refractivity contribution is -0.170. The molecule has 0 bridgehead atoms. The number of carboxylic acids is 1. The van der Waals surface area contributed by atoms with Crippen LogP contribution in [0.4, 0.5) is 0 Å². The number of benzene rings is 1. The largest absolute Gasteiger partial charge is 0.480 e. The standard InChI is InChI=1S/C24H35N3O4S/c1-12-19-18(13(2)28)22(29)27(19)20(23(30)31)21(12)32-16-9-17(26-10-16)14-5-7-15(8-6-14)24(3,4)11-25/h5-8,12-13,16-21,26,28H,9-11,25H2,1-4H3,(H,30,31)/t12-,13-,16+,17-,18-,19-,20?,21?/m1/s1. The lowest BCUT2D eigenvalue weighted by Crippen LogP contribution is -2.65. The van der Waals surface area contributed by atoms with Crippen molar-refractivity contribution in [3.8, 4) is 0 Å². The summed E-state index contributed by atoms with van der Waals surface area (Å²) >= 11 is 1.70. The Hall–Kier alpha value is -1.61. The molecule has 3 aliphatic rings. The van der Waals surface area contributed by atoms with Gasteiger partial charge in [-0.1, -0.05) is 45.0 Å². The summed E-state index contributed by atoms with van der Waals surface area (Å²) in [5.74, 6) is -1.64. The van der Waals surface area contributed by atoms with Gasteiger partial charge >= 0.3 is 5.97 Å². The molecule has 8 atom stereocenters. The number of nitrogens with two attached hydrogens (primary N) is 1. The van der Waals surface area contributed by atoms with Crippen molar-refractivity contribution in [2.24, 2.45) is 17.6 Å². The van der Waals surface area contributed by atoms with E-state index in [1.807, 2.05) is 6.92 Å². The number of carbonyl (C=O) groups is 2. The van der Waals surface area contributed by atoms with E-state index in [0.717, 1.165) is 13.0 Å². The van der Waals surface area contributed by atoms with Gasteiger partial charge in [0.15, 0.2) is 0 Å². The average molecular weight is 462 g/mol. The highest BCUT2D eigenvalue weighted by molar-refractivity contribution is 8.00. The smallest absolute Gasteiger partial charge is 0.327 e. The normalized spacial score (nSPS) is 35.5. The van der Waals surface area contributed by atoms with Crippen molar-refractivity contribution in [3.05, 3.63) is 35.4 Å². The number of rotatable bonds is 7. The van der Waals surface area contributed by atoms with Crippen molar-refractivity contribution < 1.29 is 19.8 Å². The lowest BCUT2D eigenvalue weighted by atomic mass is 9.79. The molecular formula is C24H35N3O4S. The first-order valence-corrected chi connectivity index (χ1v) is 12.4. The fraction of sp³-hybridized carbons (Fsp3) is 0.667. The zero-order chi connectivity index (χ0) is 23.4. The van der Waals surface area contributed by atoms with Crippen LogP contribution in [0, 0.1) is 11.8 Å². The van der Waals surface area contributed by atoms with Gasteiger partial charge in [0.2, 0.25) is 5.91 Å². The summed E-state index contributed by atoms with van der Waals surface area (Å²) in [5, 5.41) is 23.6. The Kier molecular flexibility index (Phi) is 6.35. The predicted octanol–water partition coefficient (Wildman–Crippen LogP) is 1.74. The number of hydrogen-bond acceptors (Lipinski definition) is 6. The maximum Gasteiger partial charge on any atom is 0.327 e. The zero-order valence-electron chi connectivity index (χ0n) is 19.2. The maximum atomic E-state index is 12.6. The number of carboxylic acid groups (broad SMARTS) is 1. The number of thioether (sulfide) groups is 1. The van der Waals surface area contributed by atoms with Gasteiger partial charge < -0.3 is 26.2 Å². The maximum absolute atomic E-state index is 12.6. The summed E-state index contributed by atoms with van der Waals surface area (Å²) in [6.45, 7) is 9.32. The Morgan fingerprint density at radius 2 is 2.00 bits per heavy atom. The third-order valence-corrected chi connectivity index (χ3v) is 9.46. The van der Waals surface area contributed by atoms with Crippen LogP contribution in [0.3, 0.4) is 0 Å². The Labute approximate surface area is 194 Å². The molecule has 0 aliphatic carbocycles. The quantitative estimate of drug-likeness (QED) is 0.457. The van der Waals surface area contributed by atoms with E-state index in [9.17, 15) is 19.8 Å². The summed E-state index contributed by atoms with van der Waals surface area (Å²) in [6.07, 6.45) is 0.160. The van der Waals surface area contributed by atoms with E-state index in [2.05, 4.69) is 43.4 Å². The Bertz CT molecular complexity index is 875. The number of nitrogens with one attached hydrogen (secondary N) is 1. The van der Waals surface area contributed by atoms with E-state index in [4.69, 9.17) is 5.73 Å². The van der Waals surface area contributed by atoms with E-state index >= 15 is 0 Å². The minimum absolute atomic E-state index is 0.0234. The number of fused-ring (bicyclic) bond motifs is 1. The summed E-state index contributed by atoms with van der Waals surface area (Å²) in [4.78, 5) is 26.1. The van der Waals surface area contributed by atoms with Crippen LogP contribution >= 0.6 is 11.8 Å². The van der Waals surface area contributed by atoms with Gasteiger partial charge in [0.05, 0.1) is 18.1 Å². The minimum Gasteiger partial charge on any atom is -0.480 e. The van der Waals surface area contributed by atoms with Crippen LogP contribution in [0.1, 0.15) is 51.3 Å². The van der Waals surface area contributed by atoms with Gasteiger partial charge in [0, 0.05) is 35.0 Å². The second-order valence-corrected chi connectivity index (χ2v) is 11.8. The number of hydrogen-bond donors (Lipinski definition) is 4.